The molecular formula is C17H21NO3. The number of carbonyl (C=O) groups is 1. The van der Waals surface area contributed by atoms with Crippen molar-refractivity contribution in [3.63, 3.8) is 0 Å². The van der Waals surface area contributed by atoms with Crippen LogP contribution < -0.4 is 15.2 Å². The van der Waals surface area contributed by atoms with E-state index in [9.17, 15) is 4.79 Å². The molecule has 2 atom stereocenters. The molecule has 1 aromatic carbocycles. The number of Topliss-reactive ketones (excluding diaryl/α,β-unsaturated/α-hetero) is 1. The Morgan fingerprint density at radius 3 is 2.57 bits per heavy atom. The summed E-state index contributed by atoms with van der Waals surface area (Å²) in [7, 11) is 1.61. The van der Waals surface area contributed by atoms with Gasteiger partial charge in [0.05, 0.1) is 12.8 Å². The normalized spacial score (nSPS) is 36.8. The highest BCUT2D eigenvalue weighted by atomic mass is 16.5. The number of benzene rings is 1. The molecule has 1 aromatic rings. The molecule has 0 radical (unpaired) electrons. The Kier molecular flexibility index (Phi) is 2.72. The monoisotopic (exact) mass is 287 g/mol. The van der Waals surface area contributed by atoms with Gasteiger partial charge in [0.1, 0.15) is 22.9 Å². The summed E-state index contributed by atoms with van der Waals surface area (Å²) in [5, 5.41) is 0. The molecular weight excluding hydrogens is 266 g/mol. The van der Waals surface area contributed by atoms with Crippen molar-refractivity contribution in [2.45, 2.75) is 37.7 Å². The van der Waals surface area contributed by atoms with E-state index in [1.54, 1.807) is 7.11 Å². The van der Waals surface area contributed by atoms with Crippen molar-refractivity contribution < 1.29 is 14.3 Å². The molecule has 0 amide bonds. The summed E-state index contributed by atoms with van der Waals surface area (Å²) < 4.78 is 11.6. The van der Waals surface area contributed by atoms with Gasteiger partial charge in [0.25, 0.3) is 0 Å². The first-order valence-corrected chi connectivity index (χ1v) is 7.75. The molecule has 4 aliphatic rings. The molecule has 4 heteroatoms. The molecule has 0 spiro atoms. The average Bonchev–Trinajstić information content (AvgIpc) is 2.45. The number of carbonyl (C=O) groups excluding carboxylic acids is 1. The zero-order valence-corrected chi connectivity index (χ0v) is 12.3. The number of ether oxygens (including phenoxy) is 2. The zero-order chi connectivity index (χ0) is 14.6. The number of rotatable bonds is 3. The van der Waals surface area contributed by atoms with Crippen LogP contribution in [0.15, 0.2) is 18.2 Å². The lowest BCUT2D eigenvalue weighted by Gasteiger charge is -2.55. The molecule has 21 heavy (non-hydrogen) atoms. The molecule has 4 fully saturated rings. The van der Waals surface area contributed by atoms with Gasteiger partial charge in [0.15, 0.2) is 0 Å². The smallest absolute Gasteiger partial charge is 0.145 e. The lowest BCUT2D eigenvalue weighted by molar-refractivity contribution is -0.156. The van der Waals surface area contributed by atoms with Crippen molar-refractivity contribution in [3.05, 3.63) is 18.2 Å². The van der Waals surface area contributed by atoms with E-state index in [4.69, 9.17) is 15.2 Å². The van der Waals surface area contributed by atoms with Gasteiger partial charge in [-0.2, -0.15) is 0 Å². The van der Waals surface area contributed by atoms with E-state index >= 15 is 0 Å². The maximum atomic E-state index is 12.2. The third-order valence-electron chi connectivity index (χ3n) is 5.48. The fourth-order valence-electron chi connectivity index (χ4n) is 4.81. The largest absolute Gasteiger partial charge is 0.494 e. The van der Waals surface area contributed by atoms with Gasteiger partial charge in [0.2, 0.25) is 0 Å². The van der Waals surface area contributed by atoms with Gasteiger partial charge < -0.3 is 15.2 Å². The third-order valence-corrected chi connectivity index (χ3v) is 5.48. The molecule has 4 bridgehead atoms. The lowest BCUT2D eigenvalue weighted by Crippen LogP contribution is -2.57. The first-order chi connectivity index (χ1) is 10.1. The molecule has 5 rings (SSSR count). The van der Waals surface area contributed by atoms with E-state index in [2.05, 4.69) is 0 Å². The molecule has 2 unspecified atom stereocenters. The number of nitrogen functional groups attached to an aromatic ring is 1. The Morgan fingerprint density at radius 2 is 1.90 bits per heavy atom. The minimum absolute atomic E-state index is 0.147. The van der Waals surface area contributed by atoms with E-state index in [1.165, 1.54) is 0 Å². The Morgan fingerprint density at radius 1 is 1.19 bits per heavy atom. The molecule has 4 saturated carbocycles. The van der Waals surface area contributed by atoms with Crippen LogP contribution in [0.4, 0.5) is 5.69 Å². The van der Waals surface area contributed by atoms with Crippen LogP contribution >= 0.6 is 0 Å². The summed E-state index contributed by atoms with van der Waals surface area (Å²) in [6.07, 6.45) is 4.99. The average molecular weight is 287 g/mol. The summed E-state index contributed by atoms with van der Waals surface area (Å²) in [6.45, 7) is 0. The Hall–Kier alpha value is -1.71. The Bertz CT molecular complexity index is 580. The van der Waals surface area contributed by atoms with E-state index in [0.717, 1.165) is 37.9 Å². The molecule has 4 nitrogen and oxygen atoms in total. The van der Waals surface area contributed by atoms with Crippen molar-refractivity contribution in [3.8, 4) is 11.5 Å². The maximum absolute atomic E-state index is 12.2. The minimum Gasteiger partial charge on any atom is -0.494 e. The van der Waals surface area contributed by atoms with Gasteiger partial charge in [0, 0.05) is 17.9 Å². The molecule has 112 valence electrons. The predicted molar refractivity (Wildman–Crippen MR) is 79.3 cm³/mol. The van der Waals surface area contributed by atoms with Crippen LogP contribution in [0.25, 0.3) is 0 Å². The van der Waals surface area contributed by atoms with Crippen LogP contribution in [0, 0.1) is 17.8 Å². The topological polar surface area (TPSA) is 61.5 Å². The number of ketones is 1. The second-order valence-corrected chi connectivity index (χ2v) is 6.93. The first kappa shape index (κ1) is 13.0. The predicted octanol–water partition coefficient (Wildman–Crippen LogP) is 2.80. The second kappa shape index (κ2) is 4.39. The summed E-state index contributed by atoms with van der Waals surface area (Å²) >= 11 is 0. The zero-order valence-electron chi connectivity index (χ0n) is 12.3. The summed E-state index contributed by atoms with van der Waals surface area (Å²) in [4.78, 5) is 12.2. The van der Waals surface area contributed by atoms with Crippen LogP contribution in [0.5, 0.6) is 11.5 Å². The van der Waals surface area contributed by atoms with E-state index in [-0.39, 0.29) is 17.4 Å². The third kappa shape index (κ3) is 2.00. The summed E-state index contributed by atoms with van der Waals surface area (Å²) in [6, 6.07) is 5.58. The second-order valence-electron chi connectivity index (χ2n) is 6.93. The highest BCUT2D eigenvalue weighted by molar-refractivity contribution is 5.85. The van der Waals surface area contributed by atoms with Gasteiger partial charge in [-0.1, -0.05) is 0 Å². The van der Waals surface area contributed by atoms with Crippen molar-refractivity contribution in [2.24, 2.45) is 17.8 Å². The van der Waals surface area contributed by atoms with Crippen molar-refractivity contribution in [1.82, 2.24) is 0 Å². The van der Waals surface area contributed by atoms with Gasteiger partial charge in [-0.05, 0) is 50.2 Å². The maximum Gasteiger partial charge on any atom is 0.145 e. The molecule has 4 aliphatic carbocycles. The van der Waals surface area contributed by atoms with Crippen LogP contribution in [-0.2, 0) is 4.79 Å². The molecule has 0 aliphatic heterocycles. The van der Waals surface area contributed by atoms with E-state index in [0.29, 0.717) is 23.1 Å². The van der Waals surface area contributed by atoms with Crippen molar-refractivity contribution in [1.29, 1.82) is 0 Å². The standard InChI is InChI=1S/C17H21NO3/c1-20-15-6-13(2-3-14(15)18)21-17-7-10-4-11(8-17)16(19)12(5-10)9-17/h2-3,6,10-12H,4-5,7-9,18H2,1H3. The Balaban J connectivity index is 1.61. The highest BCUT2D eigenvalue weighted by Gasteiger charge is 2.56. The van der Waals surface area contributed by atoms with Crippen LogP contribution in [0.3, 0.4) is 0 Å². The SMILES string of the molecule is COc1cc(OC23CC4CC(C2)C(=O)C(C4)C3)ccc1N. The van der Waals surface area contributed by atoms with Crippen LogP contribution in [-0.4, -0.2) is 18.5 Å². The van der Waals surface area contributed by atoms with E-state index < -0.39 is 0 Å². The van der Waals surface area contributed by atoms with E-state index in [1.807, 2.05) is 18.2 Å². The van der Waals surface area contributed by atoms with Gasteiger partial charge in [-0.25, -0.2) is 0 Å². The molecule has 2 N–H and O–H groups in total. The molecule has 0 saturated heterocycles. The number of anilines is 1. The van der Waals surface area contributed by atoms with Crippen LogP contribution in [0.1, 0.15) is 32.1 Å². The summed E-state index contributed by atoms with van der Waals surface area (Å²) in [5.74, 6) is 3.05. The number of nitrogens with two attached hydrogens (primary N) is 1. The number of hydrogen-bond donors (Lipinski definition) is 1. The fourth-order valence-corrected chi connectivity index (χ4v) is 4.81. The van der Waals surface area contributed by atoms with Gasteiger partial charge >= 0.3 is 0 Å². The molecule has 0 heterocycles. The van der Waals surface area contributed by atoms with Crippen LogP contribution in [0.2, 0.25) is 0 Å². The number of hydrogen-bond acceptors (Lipinski definition) is 4. The Labute approximate surface area is 124 Å². The fraction of sp³-hybridized carbons (Fsp3) is 0.588. The minimum atomic E-state index is -0.147. The van der Waals surface area contributed by atoms with Crippen molar-refractivity contribution in [2.75, 3.05) is 12.8 Å². The first-order valence-electron chi connectivity index (χ1n) is 7.75. The van der Waals surface area contributed by atoms with Gasteiger partial charge in [-0.3, -0.25) is 4.79 Å². The number of methoxy groups -OCH3 is 1. The van der Waals surface area contributed by atoms with Gasteiger partial charge in [-0.15, -0.1) is 0 Å². The summed E-state index contributed by atoms with van der Waals surface area (Å²) in [5.41, 5.74) is 6.32. The quantitative estimate of drug-likeness (QED) is 0.868. The highest BCUT2D eigenvalue weighted by Crippen LogP contribution is 2.55. The molecule has 0 aromatic heterocycles. The van der Waals surface area contributed by atoms with Crippen molar-refractivity contribution >= 4 is 11.5 Å². The lowest BCUT2D eigenvalue weighted by atomic mass is 9.53.